The lowest BCUT2D eigenvalue weighted by Crippen LogP contribution is -2.34. The molecule has 0 aliphatic carbocycles. The van der Waals surface area contributed by atoms with Crippen LogP contribution in [0.3, 0.4) is 0 Å². The first-order chi connectivity index (χ1) is 21.7. The van der Waals surface area contributed by atoms with Crippen LogP contribution >= 0.6 is 0 Å². The molecule has 1 aliphatic rings. The molecule has 0 radical (unpaired) electrons. The van der Waals surface area contributed by atoms with E-state index < -0.39 is 30.3 Å². The van der Waals surface area contributed by atoms with E-state index in [4.69, 9.17) is 14.6 Å². The van der Waals surface area contributed by atoms with Gasteiger partial charge in [-0.15, -0.1) is 0 Å². The normalized spacial score (nSPS) is 11.6. The number of rotatable bonds is 4. The van der Waals surface area contributed by atoms with E-state index in [-0.39, 0.29) is 25.4 Å². The molecule has 1 aliphatic heterocycles. The number of halogens is 6. The summed E-state index contributed by atoms with van der Waals surface area (Å²) in [6.45, 7) is 0.714. The SMILES string of the molecule is C.O=C(O)c1ccccc1COc1ccccc1.O=C(OC(=O)C(F)(F)F)C(F)(F)F.O=C1c2ccccc2COc2ccccc21. The van der Waals surface area contributed by atoms with E-state index in [0.29, 0.717) is 23.5 Å². The number of carboxylic acid groups (broad SMARTS) is 1. The molecule has 0 saturated carbocycles. The molecule has 14 heteroatoms. The average molecular weight is 665 g/mol. The predicted octanol–water partition coefficient (Wildman–Crippen LogP) is 7.59. The Bertz CT molecular complexity index is 1610. The van der Waals surface area contributed by atoms with Gasteiger partial charge in [0, 0.05) is 16.7 Å². The molecule has 1 N–H and O–H groups in total. The van der Waals surface area contributed by atoms with Gasteiger partial charge in [-0.2, -0.15) is 26.3 Å². The monoisotopic (exact) mass is 664 g/mol. The zero-order valence-corrected chi connectivity index (χ0v) is 23.3. The minimum absolute atomic E-state index is 0. The highest BCUT2D eigenvalue weighted by Crippen LogP contribution is 2.28. The van der Waals surface area contributed by atoms with Crippen LogP contribution in [0.25, 0.3) is 0 Å². The first-order valence-electron chi connectivity index (χ1n) is 12.9. The van der Waals surface area contributed by atoms with Crippen molar-refractivity contribution in [3.63, 3.8) is 0 Å². The molecule has 8 nitrogen and oxygen atoms in total. The number of ketones is 1. The number of carboxylic acids is 1. The van der Waals surface area contributed by atoms with Gasteiger partial charge in [0.2, 0.25) is 0 Å². The van der Waals surface area contributed by atoms with Crippen molar-refractivity contribution < 1.29 is 64.8 Å². The summed E-state index contributed by atoms with van der Waals surface area (Å²) in [6.07, 6.45) is -11.2. The molecule has 47 heavy (non-hydrogen) atoms. The zero-order valence-electron chi connectivity index (χ0n) is 23.3. The van der Waals surface area contributed by atoms with Gasteiger partial charge in [0.15, 0.2) is 5.78 Å². The van der Waals surface area contributed by atoms with Gasteiger partial charge in [0.05, 0.1) is 11.1 Å². The summed E-state index contributed by atoms with van der Waals surface area (Å²) in [6, 6.07) is 31.1. The average Bonchev–Trinajstić information content (AvgIpc) is 3.17. The number of ether oxygens (including phenoxy) is 3. The Morgan fingerprint density at radius 2 is 1.21 bits per heavy atom. The molecule has 248 valence electrons. The molecule has 0 unspecified atom stereocenters. The maximum Gasteiger partial charge on any atom is 0.491 e. The van der Waals surface area contributed by atoms with Crippen molar-refractivity contribution in [3.8, 4) is 11.5 Å². The smallest absolute Gasteiger partial charge is 0.489 e. The summed E-state index contributed by atoms with van der Waals surface area (Å²) in [5, 5.41) is 9.01. The molecular weight excluding hydrogens is 638 g/mol. The Kier molecular flexibility index (Phi) is 13.2. The maximum absolute atomic E-state index is 12.2. The number of benzene rings is 4. The van der Waals surface area contributed by atoms with Gasteiger partial charge in [0.1, 0.15) is 24.7 Å². The summed E-state index contributed by atoms with van der Waals surface area (Å²) in [5.41, 5.74) is 3.29. The highest BCUT2D eigenvalue weighted by atomic mass is 19.4. The lowest BCUT2D eigenvalue weighted by atomic mass is 9.99. The van der Waals surface area contributed by atoms with Crippen LogP contribution in [0.15, 0.2) is 103 Å². The third-order valence-electron chi connectivity index (χ3n) is 5.81. The lowest BCUT2D eigenvalue weighted by molar-refractivity contribution is -0.221. The molecule has 5 rings (SSSR count). The maximum atomic E-state index is 12.2. The number of carbonyl (C=O) groups excluding carboxylic acids is 3. The highest BCUT2D eigenvalue weighted by molar-refractivity contribution is 6.11. The molecule has 0 aromatic heterocycles. The second-order valence-corrected chi connectivity index (χ2v) is 9.01. The number of esters is 2. The van der Waals surface area contributed by atoms with Crippen LogP contribution in [0.1, 0.15) is 44.8 Å². The summed E-state index contributed by atoms with van der Waals surface area (Å²) in [5.74, 6) is -5.89. The second-order valence-electron chi connectivity index (χ2n) is 9.01. The molecule has 0 spiro atoms. The highest BCUT2D eigenvalue weighted by Gasteiger charge is 2.49. The zero-order chi connectivity index (χ0) is 33.9. The fourth-order valence-corrected chi connectivity index (χ4v) is 3.68. The molecule has 0 bridgehead atoms. The van der Waals surface area contributed by atoms with Crippen molar-refractivity contribution in [1.29, 1.82) is 0 Å². The summed E-state index contributed by atoms with van der Waals surface area (Å²) in [7, 11) is 0. The minimum atomic E-state index is -5.62. The fourth-order valence-electron chi connectivity index (χ4n) is 3.68. The van der Waals surface area contributed by atoms with Crippen LogP contribution in [0.2, 0.25) is 0 Å². The third kappa shape index (κ3) is 11.0. The first-order valence-corrected chi connectivity index (χ1v) is 12.9. The number of hydrogen-bond acceptors (Lipinski definition) is 7. The van der Waals surface area contributed by atoms with Gasteiger partial charge >= 0.3 is 30.3 Å². The molecule has 1 heterocycles. The molecule has 0 atom stereocenters. The van der Waals surface area contributed by atoms with Gasteiger partial charge in [0.25, 0.3) is 0 Å². The van der Waals surface area contributed by atoms with Crippen LogP contribution in [0.5, 0.6) is 11.5 Å². The Hall–Kier alpha value is -5.66. The van der Waals surface area contributed by atoms with Gasteiger partial charge in [-0.1, -0.05) is 80.2 Å². The third-order valence-corrected chi connectivity index (χ3v) is 5.81. The minimum Gasteiger partial charge on any atom is -0.489 e. The Morgan fingerprint density at radius 1 is 0.702 bits per heavy atom. The van der Waals surface area contributed by atoms with E-state index in [1.54, 1.807) is 30.3 Å². The second kappa shape index (κ2) is 16.6. The number of alkyl halides is 6. The summed E-state index contributed by atoms with van der Waals surface area (Å²) in [4.78, 5) is 42.5. The molecule has 0 fully saturated rings. The number of para-hydroxylation sites is 2. The number of carbonyl (C=O) groups is 4. The van der Waals surface area contributed by atoms with Crippen molar-refractivity contribution in [2.24, 2.45) is 0 Å². The molecule has 0 saturated heterocycles. The van der Waals surface area contributed by atoms with Crippen molar-refractivity contribution in [3.05, 3.63) is 131 Å². The standard InChI is InChI=1S/C14H12O3.C14H10O2.C4F6O3.CH4/c15-14(16)13-9-5-4-6-11(13)10-17-12-7-2-1-3-8-12;15-14-11-6-2-1-5-10(11)9-16-13-8-4-3-7-12(13)14;5-3(6,7)1(11)13-2(12)4(8,9)10;/h1-9H,10H2,(H,15,16);1-8H,9H2;;1H4. The van der Waals surface area contributed by atoms with Crippen LogP contribution in [0.4, 0.5) is 26.3 Å². The molecular formula is C33H26F6O8. The van der Waals surface area contributed by atoms with Crippen molar-refractivity contribution in [2.75, 3.05) is 0 Å². The van der Waals surface area contributed by atoms with Crippen molar-refractivity contribution >= 4 is 23.7 Å². The quantitative estimate of drug-likeness (QED) is 0.135. The van der Waals surface area contributed by atoms with Crippen LogP contribution in [0, 0.1) is 0 Å². The molecule has 4 aromatic rings. The Balaban J connectivity index is 0.000000245. The van der Waals surface area contributed by atoms with E-state index in [9.17, 15) is 45.5 Å². The number of hydrogen-bond donors (Lipinski definition) is 1. The summed E-state index contributed by atoms with van der Waals surface area (Å²) >= 11 is 0. The Morgan fingerprint density at radius 3 is 1.81 bits per heavy atom. The summed E-state index contributed by atoms with van der Waals surface area (Å²) < 4.78 is 80.8. The van der Waals surface area contributed by atoms with E-state index >= 15 is 0 Å². The molecule has 4 aromatic carbocycles. The predicted molar refractivity (Wildman–Crippen MR) is 155 cm³/mol. The fraction of sp³-hybridized carbons (Fsp3) is 0.152. The van der Waals surface area contributed by atoms with Crippen molar-refractivity contribution in [2.45, 2.75) is 33.0 Å². The number of fused-ring (bicyclic) bond motifs is 2. The lowest BCUT2D eigenvalue weighted by Gasteiger charge is -2.08. The van der Waals surface area contributed by atoms with Crippen LogP contribution < -0.4 is 9.47 Å². The van der Waals surface area contributed by atoms with Gasteiger partial charge in [-0.05, 0) is 30.3 Å². The van der Waals surface area contributed by atoms with Crippen molar-refractivity contribution in [1.82, 2.24) is 0 Å². The van der Waals surface area contributed by atoms with E-state index in [0.717, 1.165) is 16.9 Å². The molecule has 0 amide bonds. The van der Waals surface area contributed by atoms with Gasteiger partial charge in [-0.3, -0.25) is 4.79 Å². The first kappa shape index (κ1) is 37.5. The Labute approximate surface area is 264 Å². The van der Waals surface area contributed by atoms with E-state index in [2.05, 4.69) is 4.74 Å². The van der Waals surface area contributed by atoms with Crippen LogP contribution in [-0.2, 0) is 27.5 Å². The van der Waals surface area contributed by atoms with Gasteiger partial charge in [-0.25, -0.2) is 14.4 Å². The van der Waals surface area contributed by atoms with E-state index in [1.807, 2.05) is 72.8 Å². The van der Waals surface area contributed by atoms with Crippen LogP contribution in [-0.4, -0.2) is 41.2 Å². The van der Waals surface area contributed by atoms with Gasteiger partial charge < -0.3 is 19.3 Å². The largest absolute Gasteiger partial charge is 0.491 e. The van der Waals surface area contributed by atoms with E-state index in [1.165, 1.54) is 0 Å². The number of aromatic carboxylic acids is 1. The topological polar surface area (TPSA) is 116 Å².